The molecule has 1 aliphatic rings. The molecule has 3 atom stereocenters. The molecule has 1 fully saturated rings. The number of fused-ring (bicyclic) bond motifs is 1. The van der Waals surface area contributed by atoms with Gasteiger partial charge >= 0.3 is 0 Å². The van der Waals surface area contributed by atoms with Crippen LogP contribution in [0.3, 0.4) is 0 Å². The molecule has 1 aliphatic heterocycles. The quantitative estimate of drug-likeness (QED) is 0.108. The maximum Gasteiger partial charge on any atom is 0.280 e. The van der Waals surface area contributed by atoms with Gasteiger partial charge in [0.25, 0.3) is 5.56 Å². The second-order valence-corrected chi connectivity index (χ2v) is 14.2. The minimum atomic E-state index is -0.981. The number of aliphatic hydroxyl groups is 1. The third-order valence-electron chi connectivity index (χ3n) is 10.9. The fourth-order valence-electron chi connectivity index (χ4n) is 8.17. The zero-order valence-corrected chi connectivity index (χ0v) is 31.1. The highest BCUT2D eigenvalue weighted by Crippen LogP contribution is 2.43. The van der Waals surface area contributed by atoms with Crippen molar-refractivity contribution in [3.63, 3.8) is 0 Å². The molecule has 3 heterocycles. The van der Waals surface area contributed by atoms with E-state index in [2.05, 4.69) is 88.1 Å². The van der Waals surface area contributed by atoms with E-state index in [9.17, 15) is 9.90 Å². The Bertz CT molecular complexity index is 2410. The van der Waals surface area contributed by atoms with Crippen LogP contribution < -0.4 is 10.9 Å². The van der Waals surface area contributed by atoms with Crippen LogP contribution in [0.15, 0.2) is 193 Å². The number of nitrogens with zero attached hydrogens (tertiary/aromatic N) is 3. The summed E-state index contributed by atoms with van der Waals surface area (Å²) in [4.78, 5) is 26.2. The number of nitrogens with one attached hydrogen (secondary N) is 2. The number of hydrogen-bond acceptors (Lipinski definition) is 7. The third-order valence-corrected chi connectivity index (χ3v) is 10.9. The van der Waals surface area contributed by atoms with Crippen LogP contribution in [0.25, 0.3) is 11.2 Å². The predicted molar refractivity (Wildman–Crippen MR) is 221 cm³/mol. The topological polar surface area (TPSA) is 114 Å². The lowest BCUT2D eigenvalue weighted by Crippen LogP contribution is -2.39. The molecule has 0 aliphatic carbocycles. The highest BCUT2D eigenvalue weighted by molar-refractivity contribution is 5.71. The number of aromatic amines is 1. The third kappa shape index (κ3) is 6.61. The Morgan fingerprint density at radius 3 is 1.53 bits per heavy atom. The van der Waals surface area contributed by atoms with Crippen molar-refractivity contribution in [1.29, 1.82) is 0 Å². The summed E-state index contributed by atoms with van der Waals surface area (Å²) in [5, 5.41) is 15.2. The monoisotopic (exact) mass is 751 g/mol. The van der Waals surface area contributed by atoms with Crippen molar-refractivity contribution in [2.24, 2.45) is 0 Å². The molecule has 0 saturated carbocycles. The molecule has 8 aromatic rings. The molecule has 0 unspecified atom stereocenters. The first kappa shape index (κ1) is 36.0. The predicted octanol–water partition coefficient (Wildman–Crippen LogP) is 8.18. The Morgan fingerprint density at radius 2 is 1.09 bits per heavy atom. The highest BCUT2D eigenvalue weighted by atomic mass is 16.6. The molecular weight excluding hydrogens is 711 g/mol. The first-order valence-electron chi connectivity index (χ1n) is 19.1. The number of anilines is 1. The molecule has 0 spiro atoms. The van der Waals surface area contributed by atoms with Crippen molar-refractivity contribution < 1.29 is 14.6 Å². The van der Waals surface area contributed by atoms with Crippen LogP contribution in [0.5, 0.6) is 0 Å². The molecule has 6 aromatic carbocycles. The van der Waals surface area contributed by atoms with E-state index in [-0.39, 0.29) is 24.5 Å². The number of hydrogen-bond donors (Lipinski definition) is 3. The zero-order chi connectivity index (χ0) is 38.7. The van der Waals surface area contributed by atoms with Gasteiger partial charge in [0.15, 0.2) is 11.2 Å². The van der Waals surface area contributed by atoms with E-state index in [4.69, 9.17) is 14.5 Å². The largest absolute Gasteiger partial charge is 0.390 e. The summed E-state index contributed by atoms with van der Waals surface area (Å²) in [7, 11) is 0. The summed E-state index contributed by atoms with van der Waals surface area (Å²) in [6.45, 7) is 0.0809. The van der Waals surface area contributed by atoms with Gasteiger partial charge < -0.3 is 19.9 Å². The molecule has 57 heavy (non-hydrogen) atoms. The second kappa shape index (κ2) is 15.5. The van der Waals surface area contributed by atoms with E-state index in [0.717, 1.165) is 33.4 Å². The minimum Gasteiger partial charge on any atom is -0.390 e. The number of ether oxygens (including phenoxy) is 2. The van der Waals surface area contributed by atoms with E-state index in [1.807, 2.05) is 109 Å². The van der Waals surface area contributed by atoms with Gasteiger partial charge in [0.1, 0.15) is 23.5 Å². The molecule has 282 valence electrons. The summed E-state index contributed by atoms with van der Waals surface area (Å²) in [6, 6.07) is 60.6. The van der Waals surface area contributed by atoms with Gasteiger partial charge in [0.2, 0.25) is 5.95 Å². The van der Waals surface area contributed by atoms with Crippen LogP contribution in [-0.4, -0.2) is 43.4 Å². The Kier molecular flexibility index (Phi) is 9.78. The highest BCUT2D eigenvalue weighted by Gasteiger charge is 2.42. The lowest BCUT2D eigenvalue weighted by molar-refractivity contribution is -0.0930. The Hall–Kier alpha value is -6.65. The molecule has 0 bridgehead atoms. The first-order valence-corrected chi connectivity index (χ1v) is 19.1. The van der Waals surface area contributed by atoms with Gasteiger partial charge in [0.05, 0.1) is 19.0 Å². The summed E-state index contributed by atoms with van der Waals surface area (Å²) >= 11 is 0. The lowest BCUT2D eigenvalue weighted by Gasteiger charge is -2.37. The normalized spacial score (nSPS) is 17.1. The number of rotatable bonds is 12. The maximum absolute atomic E-state index is 13.7. The van der Waals surface area contributed by atoms with Crippen molar-refractivity contribution in [3.05, 3.63) is 232 Å². The fraction of sp³-hybridized carbons (Fsp3) is 0.146. The molecule has 9 rings (SSSR count). The fourth-order valence-corrected chi connectivity index (χ4v) is 8.17. The van der Waals surface area contributed by atoms with Crippen LogP contribution in [0.2, 0.25) is 0 Å². The average Bonchev–Trinajstić information content (AvgIpc) is 3.88. The van der Waals surface area contributed by atoms with Crippen LogP contribution in [0.4, 0.5) is 5.95 Å². The average molecular weight is 752 g/mol. The van der Waals surface area contributed by atoms with E-state index >= 15 is 0 Å². The number of benzene rings is 6. The Balaban J connectivity index is 1.06. The van der Waals surface area contributed by atoms with E-state index in [1.54, 1.807) is 10.9 Å². The van der Waals surface area contributed by atoms with Crippen molar-refractivity contribution in [3.8, 4) is 0 Å². The number of aromatic nitrogens is 4. The van der Waals surface area contributed by atoms with Gasteiger partial charge in [-0.2, -0.15) is 4.98 Å². The Labute approximate surface area is 330 Å². The zero-order valence-electron chi connectivity index (χ0n) is 31.1. The minimum absolute atomic E-state index is 0.0809. The molecule has 9 heteroatoms. The lowest BCUT2D eigenvalue weighted by atomic mass is 9.77. The number of imidazole rings is 1. The van der Waals surface area contributed by atoms with E-state index in [0.29, 0.717) is 5.65 Å². The number of aliphatic hydroxyl groups excluding tert-OH is 1. The van der Waals surface area contributed by atoms with Gasteiger partial charge in [-0.15, -0.1) is 0 Å². The molecule has 3 N–H and O–H groups in total. The first-order chi connectivity index (χ1) is 28.1. The summed E-state index contributed by atoms with van der Waals surface area (Å²) in [6.07, 6.45) is -0.424. The van der Waals surface area contributed by atoms with E-state index < -0.39 is 35.1 Å². The summed E-state index contributed by atoms with van der Waals surface area (Å²) in [5.41, 5.74) is 3.92. The van der Waals surface area contributed by atoms with Gasteiger partial charge in [-0.1, -0.05) is 182 Å². The van der Waals surface area contributed by atoms with Crippen LogP contribution in [-0.2, 0) is 20.6 Å². The molecule has 0 radical (unpaired) electrons. The van der Waals surface area contributed by atoms with Crippen LogP contribution >= 0.6 is 0 Å². The molecule has 1 saturated heterocycles. The van der Waals surface area contributed by atoms with Gasteiger partial charge in [-0.05, 0) is 33.4 Å². The number of H-pyrrole nitrogens is 1. The maximum atomic E-state index is 13.7. The molecular formula is C48H41N5O4. The smallest absolute Gasteiger partial charge is 0.280 e. The standard InChI is InChI=1S/C48H41N5O4/c54-40-31-42(57-41(40)32-56-48(37-25-13-4-14-26-37,38-27-15-5-16-28-38)39-29-17-6-18-30-39)53-33-49-43-44(53)50-46(51-45(43)55)52-47(34-19-7-1-8-20-34,35-21-9-2-10-22-35)36-23-11-3-12-24-36/h1-30,33,40-42,54H,31-32H2,(H2,50,51,52,55)/t40-,41+,42+/m0/s1. The van der Waals surface area contributed by atoms with Gasteiger partial charge in [-0.25, -0.2) is 4.98 Å². The van der Waals surface area contributed by atoms with Crippen molar-refractivity contribution >= 4 is 17.1 Å². The summed E-state index contributed by atoms with van der Waals surface area (Å²) < 4.78 is 15.3. The van der Waals surface area contributed by atoms with Crippen LogP contribution in [0, 0.1) is 0 Å². The van der Waals surface area contributed by atoms with E-state index in [1.165, 1.54) is 0 Å². The van der Waals surface area contributed by atoms with Crippen LogP contribution in [0.1, 0.15) is 46.0 Å². The second-order valence-electron chi connectivity index (χ2n) is 14.2. The summed E-state index contributed by atoms with van der Waals surface area (Å²) in [5.74, 6) is 0.252. The Morgan fingerprint density at radius 1 is 0.667 bits per heavy atom. The van der Waals surface area contributed by atoms with Crippen molar-refractivity contribution in [2.75, 3.05) is 11.9 Å². The molecule has 0 amide bonds. The van der Waals surface area contributed by atoms with Crippen molar-refractivity contribution in [2.45, 2.75) is 36.0 Å². The van der Waals surface area contributed by atoms with Gasteiger partial charge in [0, 0.05) is 6.42 Å². The SMILES string of the molecule is O=c1[nH]c(NC(c2ccccc2)(c2ccccc2)c2ccccc2)nc2c1ncn2[C@H]1C[C@H](O)[C@@H](COC(c2ccccc2)(c2ccccc2)c2ccccc2)O1. The van der Waals surface area contributed by atoms with Gasteiger partial charge in [-0.3, -0.25) is 14.3 Å². The van der Waals surface area contributed by atoms with Crippen molar-refractivity contribution in [1.82, 2.24) is 19.5 Å². The molecule has 2 aromatic heterocycles. The molecule has 9 nitrogen and oxygen atoms in total.